The molecular formula is C45H57IrN2O3-. The Kier molecular flexibility index (Phi) is 14.2. The molecule has 2 aromatic carbocycles. The molecular weight excluding hydrogens is 809 g/mol. The molecule has 0 aliphatic carbocycles. The average molecular weight is 866 g/mol. The Morgan fingerprint density at radius 3 is 2.16 bits per heavy atom. The van der Waals surface area contributed by atoms with Crippen molar-refractivity contribution < 1.29 is 34.4 Å². The Balaban J connectivity index is 0.000000335. The maximum absolute atomic E-state index is 12.2. The standard InChI is InChI=1S/C30H29N2O.C15H28O2.Ir/c1-19(2)12-23-16-31-17-25-26(18-33-29(23)25)21-10-11-32-28(15-21)22-13-20-8-6-7-9-24(20)27(14-22)30(3,4)5;1-7-14(5,8-2)12(16)11-13(17)15(6,9-3)10-4;/h6-11,14-19H,12H2,1-5H3;11,16H,7-10H2,1-6H3;/q-1;;/b;12-11-;. The molecule has 0 atom stereocenters. The molecule has 6 heteroatoms. The fraction of sp³-hybridized carbons (Fsp3) is 0.444. The summed E-state index contributed by atoms with van der Waals surface area (Å²) in [5.74, 6) is 0.827. The van der Waals surface area contributed by atoms with Gasteiger partial charge in [0.1, 0.15) is 11.3 Å². The molecule has 0 aliphatic heterocycles. The third-order valence-corrected chi connectivity index (χ3v) is 10.7. The summed E-state index contributed by atoms with van der Waals surface area (Å²) < 4.78 is 6.03. The summed E-state index contributed by atoms with van der Waals surface area (Å²) in [5.41, 5.74) is 6.82. The Bertz CT molecular complexity index is 1960. The van der Waals surface area contributed by atoms with Crippen molar-refractivity contribution in [1.82, 2.24) is 9.97 Å². The van der Waals surface area contributed by atoms with Gasteiger partial charge >= 0.3 is 0 Å². The van der Waals surface area contributed by atoms with Crippen LogP contribution in [0.5, 0.6) is 0 Å². The molecule has 3 aromatic heterocycles. The number of hydrogen-bond donors (Lipinski definition) is 1. The topological polar surface area (TPSA) is 76.2 Å². The van der Waals surface area contributed by atoms with E-state index in [1.165, 1.54) is 17.0 Å². The molecule has 5 aromatic rings. The van der Waals surface area contributed by atoms with Crippen LogP contribution in [0.4, 0.5) is 0 Å². The van der Waals surface area contributed by atoms with Gasteiger partial charge in [0.2, 0.25) is 0 Å². The number of nitrogens with zero attached hydrogens (tertiary/aromatic N) is 2. The summed E-state index contributed by atoms with van der Waals surface area (Å²) in [7, 11) is 0. The van der Waals surface area contributed by atoms with E-state index in [2.05, 4.69) is 82.1 Å². The summed E-state index contributed by atoms with van der Waals surface area (Å²) in [5, 5.41) is 13.5. The molecule has 0 unspecified atom stereocenters. The van der Waals surface area contributed by atoms with Crippen molar-refractivity contribution in [3.05, 3.63) is 96.3 Å². The second-order valence-electron chi connectivity index (χ2n) is 15.7. The minimum Gasteiger partial charge on any atom is -0.512 e. The van der Waals surface area contributed by atoms with E-state index in [4.69, 9.17) is 9.40 Å². The van der Waals surface area contributed by atoms with Crippen molar-refractivity contribution in [2.24, 2.45) is 16.7 Å². The van der Waals surface area contributed by atoms with E-state index in [1.54, 1.807) is 0 Å². The Hall–Kier alpha value is -3.60. The Labute approximate surface area is 319 Å². The van der Waals surface area contributed by atoms with E-state index < -0.39 is 0 Å². The molecule has 0 spiro atoms. The number of aliphatic hydroxyl groups excluding tert-OH is 1. The first-order chi connectivity index (χ1) is 23.6. The maximum Gasteiger partial charge on any atom is 0.164 e. The number of rotatable bonds is 11. The molecule has 0 fully saturated rings. The van der Waals surface area contributed by atoms with Gasteiger partial charge < -0.3 is 9.52 Å². The van der Waals surface area contributed by atoms with E-state index in [1.807, 2.05) is 72.5 Å². The van der Waals surface area contributed by atoms with Crippen molar-refractivity contribution in [3.8, 4) is 22.4 Å². The van der Waals surface area contributed by atoms with E-state index >= 15 is 0 Å². The van der Waals surface area contributed by atoms with Gasteiger partial charge in [-0.1, -0.05) is 111 Å². The Morgan fingerprint density at radius 1 is 0.902 bits per heavy atom. The predicted octanol–water partition coefficient (Wildman–Crippen LogP) is 12.7. The second-order valence-corrected chi connectivity index (χ2v) is 15.7. The van der Waals surface area contributed by atoms with Crippen LogP contribution in [0.25, 0.3) is 44.1 Å². The van der Waals surface area contributed by atoms with Gasteiger partial charge in [0.15, 0.2) is 5.78 Å². The van der Waals surface area contributed by atoms with Crippen LogP contribution in [-0.4, -0.2) is 20.9 Å². The summed E-state index contributed by atoms with van der Waals surface area (Å²) in [6.45, 7) is 23.3. The number of carbonyl (C=O) groups excluding carboxylic acids is 1. The fourth-order valence-corrected chi connectivity index (χ4v) is 6.23. The summed E-state index contributed by atoms with van der Waals surface area (Å²) in [4.78, 5) is 21.4. The first-order valence-corrected chi connectivity index (χ1v) is 18.3. The number of allylic oxidation sites excluding steroid dienone is 2. The number of aromatic nitrogens is 2. The second kappa shape index (κ2) is 17.3. The third-order valence-electron chi connectivity index (χ3n) is 10.7. The molecule has 0 bridgehead atoms. The van der Waals surface area contributed by atoms with Gasteiger partial charge in [0.05, 0.1) is 6.26 Å². The summed E-state index contributed by atoms with van der Waals surface area (Å²) in [6.07, 6.45) is 13.2. The summed E-state index contributed by atoms with van der Waals surface area (Å²) >= 11 is 0. The van der Waals surface area contributed by atoms with E-state index in [0.717, 1.165) is 76.4 Å². The van der Waals surface area contributed by atoms with E-state index in [0.29, 0.717) is 5.92 Å². The molecule has 0 saturated carbocycles. The van der Waals surface area contributed by atoms with Crippen molar-refractivity contribution in [2.75, 3.05) is 0 Å². The van der Waals surface area contributed by atoms with Crippen LogP contribution in [0.3, 0.4) is 0 Å². The number of ketones is 1. The van der Waals surface area contributed by atoms with E-state index in [9.17, 15) is 9.90 Å². The van der Waals surface area contributed by atoms with Crippen LogP contribution in [0, 0.1) is 22.8 Å². The molecule has 275 valence electrons. The molecule has 0 saturated heterocycles. The smallest absolute Gasteiger partial charge is 0.164 e. The van der Waals surface area contributed by atoms with Crippen LogP contribution in [0.2, 0.25) is 0 Å². The minimum atomic E-state index is -0.337. The van der Waals surface area contributed by atoms with Crippen LogP contribution < -0.4 is 0 Å². The van der Waals surface area contributed by atoms with Crippen molar-refractivity contribution in [1.29, 1.82) is 0 Å². The van der Waals surface area contributed by atoms with Gasteiger partial charge in [-0.2, -0.15) is 0 Å². The van der Waals surface area contributed by atoms with Gasteiger partial charge in [-0.25, -0.2) is 0 Å². The maximum atomic E-state index is 12.2. The molecule has 3 heterocycles. The number of furan rings is 1. The third kappa shape index (κ3) is 9.45. The molecule has 5 rings (SSSR count). The molecule has 0 amide bonds. The number of carbonyl (C=O) groups is 1. The van der Waals surface area contributed by atoms with Crippen LogP contribution >= 0.6 is 0 Å². The minimum absolute atomic E-state index is 0. The number of aliphatic hydroxyl groups is 1. The first kappa shape index (κ1) is 41.8. The van der Waals surface area contributed by atoms with Gasteiger partial charge in [0.25, 0.3) is 0 Å². The zero-order valence-corrected chi connectivity index (χ0v) is 34.9. The summed E-state index contributed by atoms with van der Waals surface area (Å²) in [6, 6.07) is 18.5. The van der Waals surface area contributed by atoms with Gasteiger partial charge in [-0.3, -0.25) is 14.8 Å². The van der Waals surface area contributed by atoms with Crippen molar-refractivity contribution >= 4 is 27.5 Å². The van der Waals surface area contributed by atoms with Crippen LogP contribution in [0.1, 0.15) is 113 Å². The van der Waals surface area contributed by atoms with Gasteiger partial charge in [0, 0.05) is 77.8 Å². The molecule has 51 heavy (non-hydrogen) atoms. The fourth-order valence-electron chi connectivity index (χ4n) is 6.23. The zero-order valence-electron chi connectivity index (χ0n) is 32.5. The molecule has 5 nitrogen and oxygen atoms in total. The normalized spacial score (nSPS) is 12.5. The predicted molar refractivity (Wildman–Crippen MR) is 209 cm³/mol. The number of fused-ring (bicyclic) bond motifs is 2. The van der Waals surface area contributed by atoms with Gasteiger partial charge in [-0.05, 0) is 55.1 Å². The quantitative estimate of drug-likeness (QED) is 0.0813. The van der Waals surface area contributed by atoms with Gasteiger partial charge in [-0.15, -0.1) is 29.1 Å². The van der Waals surface area contributed by atoms with Crippen LogP contribution in [-0.2, 0) is 36.7 Å². The largest absolute Gasteiger partial charge is 0.512 e. The average Bonchev–Trinajstić information content (AvgIpc) is 3.55. The zero-order chi connectivity index (χ0) is 36.9. The SMILES string of the molecule is CC(C)Cc1cncc2c(-c3ccnc(-c4[c-]c5ccccc5c(C(C)(C)C)c4)c3)coc12.CCC(C)(CC)C(=O)/C=C(\O)C(C)(CC)CC.[Ir]. The van der Waals surface area contributed by atoms with Crippen molar-refractivity contribution in [3.63, 3.8) is 0 Å². The molecule has 0 aliphatic rings. The molecule has 1 N–H and O–H groups in total. The number of benzene rings is 2. The first-order valence-electron chi connectivity index (χ1n) is 18.3. The number of pyridine rings is 2. The van der Waals surface area contributed by atoms with Crippen molar-refractivity contribution in [2.45, 2.75) is 114 Å². The molecule has 1 radical (unpaired) electrons. The number of hydrogen-bond acceptors (Lipinski definition) is 5. The monoisotopic (exact) mass is 866 g/mol. The van der Waals surface area contributed by atoms with E-state index in [-0.39, 0.29) is 47.9 Å². The van der Waals surface area contributed by atoms with Crippen LogP contribution in [0.15, 0.2) is 83.6 Å². The Morgan fingerprint density at radius 2 is 1.55 bits per heavy atom.